The lowest BCUT2D eigenvalue weighted by Gasteiger charge is -2.06. The third-order valence-corrected chi connectivity index (χ3v) is 2.39. The van der Waals surface area contributed by atoms with Crippen LogP contribution < -0.4 is 10.1 Å². The second kappa shape index (κ2) is 2.92. The van der Waals surface area contributed by atoms with Gasteiger partial charge in [-0.05, 0) is 12.1 Å². The van der Waals surface area contributed by atoms with Crippen LogP contribution in [0.5, 0.6) is 5.75 Å². The van der Waals surface area contributed by atoms with Crippen LogP contribution in [-0.4, -0.2) is 13.0 Å². The van der Waals surface area contributed by atoms with Gasteiger partial charge < -0.3 is 10.1 Å². The van der Waals surface area contributed by atoms with E-state index in [4.69, 9.17) is 16.3 Å². The van der Waals surface area contributed by atoms with Crippen molar-refractivity contribution in [1.82, 2.24) is 0 Å². The lowest BCUT2D eigenvalue weighted by atomic mass is 10.1. The zero-order valence-corrected chi connectivity index (χ0v) is 7.81. The number of ether oxygens (including phenoxy) is 1. The van der Waals surface area contributed by atoms with Crippen molar-refractivity contribution in [1.29, 1.82) is 0 Å². The van der Waals surface area contributed by atoms with E-state index in [0.717, 1.165) is 5.56 Å². The van der Waals surface area contributed by atoms with Crippen LogP contribution in [0.4, 0.5) is 5.69 Å². The van der Waals surface area contributed by atoms with Crippen LogP contribution in [0.1, 0.15) is 5.56 Å². The number of hydrogen-bond donors (Lipinski definition) is 1. The summed E-state index contributed by atoms with van der Waals surface area (Å²) in [7, 11) is 1.56. The molecule has 4 heteroatoms. The van der Waals surface area contributed by atoms with Gasteiger partial charge in [0.05, 0.1) is 19.2 Å². The Kier molecular flexibility index (Phi) is 1.88. The van der Waals surface area contributed by atoms with Gasteiger partial charge in [-0.25, -0.2) is 0 Å². The number of hydrogen-bond acceptors (Lipinski definition) is 2. The van der Waals surface area contributed by atoms with Gasteiger partial charge in [-0.2, -0.15) is 0 Å². The first kappa shape index (κ1) is 8.38. The summed E-state index contributed by atoms with van der Waals surface area (Å²) in [5, 5.41) is 3.32. The lowest BCUT2D eigenvalue weighted by Crippen LogP contribution is -2.04. The Labute approximate surface area is 80.6 Å². The molecule has 1 aromatic rings. The predicted octanol–water partition coefficient (Wildman–Crippen LogP) is 1.84. The van der Waals surface area contributed by atoms with Crippen molar-refractivity contribution in [2.24, 2.45) is 0 Å². The van der Waals surface area contributed by atoms with Gasteiger partial charge in [-0.1, -0.05) is 11.6 Å². The van der Waals surface area contributed by atoms with Crippen LogP contribution in [0.2, 0.25) is 5.02 Å². The summed E-state index contributed by atoms with van der Waals surface area (Å²) in [6, 6.07) is 3.48. The molecular formula is C9H8ClNO2. The number of fused-ring (bicyclic) bond motifs is 1. The quantitative estimate of drug-likeness (QED) is 0.746. The van der Waals surface area contributed by atoms with Crippen molar-refractivity contribution < 1.29 is 9.53 Å². The number of amides is 1. The van der Waals surface area contributed by atoms with Crippen LogP contribution in [0.3, 0.4) is 0 Å². The Bertz CT molecular complexity index is 376. The zero-order valence-electron chi connectivity index (χ0n) is 7.06. The molecule has 1 amide bonds. The molecule has 0 fully saturated rings. The molecule has 0 saturated heterocycles. The van der Waals surface area contributed by atoms with E-state index < -0.39 is 0 Å². The molecule has 1 aliphatic heterocycles. The molecule has 68 valence electrons. The van der Waals surface area contributed by atoms with Crippen LogP contribution in [0, 0.1) is 0 Å². The third-order valence-electron chi connectivity index (χ3n) is 2.04. The fourth-order valence-electron chi connectivity index (χ4n) is 1.43. The highest BCUT2D eigenvalue weighted by molar-refractivity contribution is 6.32. The second-order valence-corrected chi connectivity index (χ2v) is 3.24. The fraction of sp³-hybridized carbons (Fsp3) is 0.222. The molecule has 0 atom stereocenters. The van der Waals surface area contributed by atoms with Gasteiger partial charge in [0.2, 0.25) is 5.91 Å². The van der Waals surface area contributed by atoms with Gasteiger partial charge in [0.25, 0.3) is 0 Å². The summed E-state index contributed by atoms with van der Waals surface area (Å²) in [5.41, 5.74) is 1.53. The summed E-state index contributed by atoms with van der Waals surface area (Å²) >= 11 is 5.92. The first-order chi connectivity index (χ1) is 6.22. The van der Waals surface area contributed by atoms with E-state index in [0.29, 0.717) is 22.9 Å². The average Bonchev–Trinajstić information content (AvgIpc) is 2.48. The molecule has 1 N–H and O–H groups in total. The number of halogens is 1. The Morgan fingerprint density at radius 1 is 1.54 bits per heavy atom. The van der Waals surface area contributed by atoms with Gasteiger partial charge in [-0.15, -0.1) is 0 Å². The molecule has 1 aliphatic rings. The van der Waals surface area contributed by atoms with Crippen LogP contribution in [0.25, 0.3) is 0 Å². The molecule has 0 unspecified atom stereocenters. The molecule has 13 heavy (non-hydrogen) atoms. The van der Waals surface area contributed by atoms with E-state index in [1.54, 1.807) is 19.2 Å². The smallest absolute Gasteiger partial charge is 0.229 e. The summed E-state index contributed by atoms with van der Waals surface area (Å²) in [6.07, 6.45) is 0.339. The van der Waals surface area contributed by atoms with E-state index in [1.165, 1.54) is 0 Å². The first-order valence-electron chi connectivity index (χ1n) is 3.87. The Morgan fingerprint density at radius 3 is 3.00 bits per heavy atom. The third kappa shape index (κ3) is 1.25. The molecule has 3 nitrogen and oxygen atoms in total. The first-order valence-corrected chi connectivity index (χ1v) is 4.25. The minimum absolute atomic E-state index is 0.0404. The molecular weight excluding hydrogens is 190 g/mol. The largest absolute Gasteiger partial charge is 0.495 e. The fourth-order valence-corrected chi connectivity index (χ4v) is 1.65. The van der Waals surface area contributed by atoms with Gasteiger partial charge in [0, 0.05) is 10.6 Å². The highest BCUT2D eigenvalue weighted by atomic mass is 35.5. The lowest BCUT2D eigenvalue weighted by molar-refractivity contribution is -0.115. The molecule has 1 aromatic carbocycles. The normalized spacial score (nSPS) is 13.8. The number of anilines is 1. The van der Waals surface area contributed by atoms with Crippen molar-refractivity contribution in [2.45, 2.75) is 6.42 Å². The molecule has 0 bridgehead atoms. The van der Waals surface area contributed by atoms with Gasteiger partial charge in [-0.3, -0.25) is 4.79 Å². The number of carbonyl (C=O) groups is 1. The number of nitrogens with one attached hydrogen (secondary N) is 1. The topological polar surface area (TPSA) is 38.3 Å². The van der Waals surface area contributed by atoms with Crippen LogP contribution in [0.15, 0.2) is 12.1 Å². The predicted molar refractivity (Wildman–Crippen MR) is 50.3 cm³/mol. The minimum atomic E-state index is -0.0404. The molecule has 2 rings (SSSR count). The Morgan fingerprint density at radius 2 is 2.31 bits per heavy atom. The van der Waals surface area contributed by atoms with E-state index in [-0.39, 0.29) is 5.91 Å². The van der Waals surface area contributed by atoms with Gasteiger partial charge in [0.1, 0.15) is 5.75 Å². The van der Waals surface area contributed by atoms with Crippen molar-refractivity contribution >= 4 is 23.2 Å². The molecule has 0 aromatic heterocycles. The molecule has 0 aliphatic carbocycles. The molecule has 0 spiro atoms. The summed E-state index contributed by atoms with van der Waals surface area (Å²) in [5.74, 6) is 0.617. The van der Waals surface area contributed by atoms with Gasteiger partial charge >= 0.3 is 0 Å². The second-order valence-electron chi connectivity index (χ2n) is 2.83. The van der Waals surface area contributed by atoms with E-state index in [1.807, 2.05) is 0 Å². The minimum Gasteiger partial charge on any atom is -0.495 e. The van der Waals surface area contributed by atoms with Gasteiger partial charge in [0.15, 0.2) is 0 Å². The number of rotatable bonds is 1. The Hall–Kier alpha value is -1.22. The van der Waals surface area contributed by atoms with E-state index >= 15 is 0 Å². The maximum absolute atomic E-state index is 11.1. The Balaban J connectivity index is 2.58. The van der Waals surface area contributed by atoms with Crippen molar-refractivity contribution in [3.63, 3.8) is 0 Å². The van der Waals surface area contributed by atoms with Crippen molar-refractivity contribution in [2.75, 3.05) is 12.4 Å². The van der Waals surface area contributed by atoms with Crippen LogP contribution >= 0.6 is 11.6 Å². The summed E-state index contributed by atoms with van der Waals surface area (Å²) in [4.78, 5) is 11.1. The highest BCUT2D eigenvalue weighted by Crippen LogP contribution is 2.37. The summed E-state index contributed by atoms with van der Waals surface area (Å²) < 4.78 is 5.09. The number of benzene rings is 1. The maximum atomic E-state index is 11.1. The highest BCUT2D eigenvalue weighted by Gasteiger charge is 2.23. The molecule has 0 radical (unpaired) electrons. The van der Waals surface area contributed by atoms with Crippen molar-refractivity contribution in [3.05, 3.63) is 22.7 Å². The number of carbonyl (C=O) groups excluding carboxylic acids is 1. The standard InChI is InChI=1S/C9H8ClNO2/c1-13-7-3-2-6(10)5-4-8(12)11-9(5)7/h2-3H,4H2,1H3,(H,11,12). The van der Waals surface area contributed by atoms with E-state index in [9.17, 15) is 4.79 Å². The number of methoxy groups -OCH3 is 1. The maximum Gasteiger partial charge on any atom is 0.229 e. The molecule has 0 saturated carbocycles. The summed E-state index contributed by atoms with van der Waals surface area (Å²) in [6.45, 7) is 0. The monoisotopic (exact) mass is 197 g/mol. The SMILES string of the molecule is COc1ccc(Cl)c2c1NC(=O)C2. The zero-order chi connectivity index (χ0) is 9.42. The van der Waals surface area contributed by atoms with Crippen LogP contribution in [-0.2, 0) is 11.2 Å². The average molecular weight is 198 g/mol. The van der Waals surface area contributed by atoms with E-state index in [2.05, 4.69) is 5.32 Å². The molecule has 1 heterocycles. The van der Waals surface area contributed by atoms with Crippen molar-refractivity contribution in [3.8, 4) is 5.75 Å².